The van der Waals surface area contributed by atoms with E-state index in [0.717, 1.165) is 5.56 Å². The standard InChI is InChI=1S/C15H14N2O2/c1-2-19-15(18)14-4-3-9-17(14)11-13-7-5-12(10-16)6-8-13/h3-9H,2,11H2,1H3. The van der Waals surface area contributed by atoms with Gasteiger partial charge in [0.1, 0.15) is 5.69 Å². The molecule has 0 radical (unpaired) electrons. The van der Waals surface area contributed by atoms with E-state index in [1.165, 1.54) is 0 Å². The summed E-state index contributed by atoms with van der Waals surface area (Å²) < 4.78 is 6.83. The number of benzene rings is 1. The summed E-state index contributed by atoms with van der Waals surface area (Å²) in [6, 6.07) is 12.9. The summed E-state index contributed by atoms with van der Waals surface area (Å²) >= 11 is 0. The Morgan fingerprint density at radius 2 is 2.05 bits per heavy atom. The molecule has 2 rings (SSSR count). The molecule has 0 atom stereocenters. The Balaban J connectivity index is 2.17. The highest BCUT2D eigenvalue weighted by Gasteiger charge is 2.11. The van der Waals surface area contributed by atoms with E-state index < -0.39 is 0 Å². The number of carbonyl (C=O) groups is 1. The number of nitriles is 1. The summed E-state index contributed by atoms with van der Waals surface area (Å²) in [4.78, 5) is 11.7. The number of carbonyl (C=O) groups excluding carboxylic acids is 1. The number of rotatable bonds is 4. The predicted molar refractivity (Wildman–Crippen MR) is 70.6 cm³/mol. The summed E-state index contributed by atoms with van der Waals surface area (Å²) in [7, 11) is 0. The first-order chi connectivity index (χ1) is 9.24. The molecule has 0 spiro atoms. The first-order valence-corrected chi connectivity index (χ1v) is 6.06. The van der Waals surface area contributed by atoms with Crippen molar-refractivity contribution in [3.63, 3.8) is 0 Å². The number of esters is 1. The zero-order valence-electron chi connectivity index (χ0n) is 10.7. The van der Waals surface area contributed by atoms with Crippen molar-refractivity contribution >= 4 is 5.97 Å². The minimum atomic E-state index is -0.318. The van der Waals surface area contributed by atoms with Gasteiger partial charge in [-0.3, -0.25) is 0 Å². The summed E-state index contributed by atoms with van der Waals surface area (Å²) in [6.45, 7) is 2.72. The van der Waals surface area contributed by atoms with Gasteiger partial charge >= 0.3 is 5.97 Å². The Morgan fingerprint density at radius 3 is 2.68 bits per heavy atom. The minimum Gasteiger partial charge on any atom is -0.461 e. The number of nitrogens with zero attached hydrogens (tertiary/aromatic N) is 2. The Labute approximate surface area is 111 Å². The average Bonchev–Trinajstić information content (AvgIpc) is 2.88. The van der Waals surface area contributed by atoms with Crippen LogP contribution in [0.4, 0.5) is 0 Å². The van der Waals surface area contributed by atoms with Crippen LogP contribution in [0.3, 0.4) is 0 Å². The fraction of sp³-hybridized carbons (Fsp3) is 0.200. The minimum absolute atomic E-state index is 0.318. The van der Waals surface area contributed by atoms with Gasteiger partial charge in [0, 0.05) is 12.7 Å². The lowest BCUT2D eigenvalue weighted by Crippen LogP contribution is -2.12. The van der Waals surface area contributed by atoms with Gasteiger partial charge in [-0.2, -0.15) is 5.26 Å². The van der Waals surface area contributed by atoms with Crippen molar-refractivity contribution in [2.75, 3.05) is 6.61 Å². The fourth-order valence-corrected chi connectivity index (χ4v) is 1.82. The monoisotopic (exact) mass is 254 g/mol. The number of hydrogen-bond acceptors (Lipinski definition) is 3. The van der Waals surface area contributed by atoms with Gasteiger partial charge in [0.25, 0.3) is 0 Å². The lowest BCUT2D eigenvalue weighted by Gasteiger charge is -2.08. The van der Waals surface area contributed by atoms with E-state index in [9.17, 15) is 4.79 Å². The molecule has 19 heavy (non-hydrogen) atoms. The third-order valence-corrected chi connectivity index (χ3v) is 2.75. The van der Waals surface area contributed by atoms with Crippen LogP contribution in [0.2, 0.25) is 0 Å². The van der Waals surface area contributed by atoms with Crippen molar-refractivity contribution in [1.29, 1.82) is 5.26 Å². The molecule has 2 aromatic rings. The van der Waals surface area contributed by atoms with Crippen molar-refractivity contribution in [3.05, 3.63) is 59.4 Å². The quantitative estimate of drug-likeness (QED) is 0.788. The molecule has 0 unspecified atom stereocenters. The maximum atomic E-state index is 11.7. The van der Waals surface area contributed by atoms with E-state index in [4.69, 9.17) is 10.00 Å². The van der Waals surface area contributed by atoms with Crippen LogP contribution in [0.25, 0.3) is 0 Å². The van der Waals surface area contributed by atoms with Crippen LogP contribution in [0.5, 0.6) is 0 Å². The molecule has 0 aliphatic carbocycles. The van der Waals surface area contributed by atoms with E-state index in [0.29, 0.717) is 24.4 Å². The summed E-state index contributed by atoms with van der Waals surface area (Å²) in [5, 5.41) is 8.74. The first-order valence-electron chi connectivity index (χ1n) is 6.06. The lowest BCUT2D eigenvalue weighted by atomic mass is 10.1. The Morgan fingerprint density at radius 1 is 1.32 bits per heavy atom. The fourth-order valence-electron chi connectivity index (χ4n) is 1.82. The second-order valence-corrected chi connectivity index (χ2v) is 4.05. The third-order valence-electron chi connectivity index (χ3n) is 2.75. The van der Waals surface area contributed by atoms with Crippen LogP contribution in [-0.2, 0) is 11.3 Å². The molecule has 0 bridgehead atoms. The number of hydrogen-bond donors (Lipinski definition) is 0. The van der Waals surface area contributed by atoms with Gasteiger partial charge in [0.15, 0.2) is 0 Å². The molecule has 1 aromatic heterocycles. The SMILES string of the molecule is CCOC(=O)c1cccn1Cc1ccc(C#N)cc1. The van der Waals surface area contributed by atoms with E-state index >= 15 is 0 Å². The van der Waals surface area contributed by atoms with Crippen molar-refractivity contribution in [2.45, 2.75) is 13.5 Å². The van der Waals surface area contributed by atoms with E-state index in [1.54, 1.807) is 25.1 Å². The summed E-state index contributed by atoms with van der Waals surface area (Å²) in [5.41, 5.74) is 2.19. The predicted octanol–water partition coefficient (Wildman–Crippen LogP) is 2.58. The largest absolute Gasteiger partial charge is 0.461 e. The van der Waals surface area contributed by atoms with Gasteiger partial charge in [0.2, 0.25) is 0 Å². The van der Waals surface area contributed by atoms with E-state index in [2.05, 4.69) is 6.07 Å². The normalized spacial score (nSPS) is 9.89. The first kappa shape index (κ1) is 12.9. The molecular weight excluding hydrogens is 240 g/mol. The molecule has 4 heteroatoms. The van der Waals surface area contributed by atoms with E-state index in [-0.39, 0.29) is 5.97 Å². The Hall–Kier alpha value is -2.54. The highest BCUT2D eigenvalue weighted by Crippen LogP contribution is 2.10. The van der Waals surface area contributed by atoms with Crippen LogP contribution in [-0.4, -0.2) is 17.1 Å². The number of ether oxygens (including phenoxy) is 1. The van der Waals surface area contributed by atoms with Crippen molar-refractivity contribution < 1.29 is 9.53 Å². The highest BCUT2D eigenvalue weighted by atomic mass is 16.5. The molecule has 1 aromatic carbocycles. The lowest BCUT2D eigenvalue weighted by molar-refractivity contribution is 0.0514. The molecule has 0 N–H and O–H groups in total. The topological polar surface area (TPSA) is 55.0 Å². The summed E-state index contributed by atoms with van der Waals surface area (Å²) in [6.07, 6.45) is 1.84. The smallest absolute Gasteiger partial charge is 0.354 e. The maximum Gasteiger partial charge on any atom is 0.354 e. The molecular formula is C15H14N2O2. The van der Waals surface area contributed by atoms with Gasteiger partial charge in [0.05, 0.1) is 18.2 Å². The van der Waals surface area contributed by atoms with Crippen LogP contribution in [0, 0.1) is 11.3 Å². The molecule has 0 amide bonds. The molecule has 96 valence electrons. The third kappa shape index (κ3) is 3.02. The molecule has 0 aliphatic rings. The zero-order chi connectivity index (χ0) is 13.7. The molecule has 0 saturated heterocycles. The van der Waals surface area contributed by atoms with Gasteiger partial charge in [-0.25, -0.2) is 4.79 Å². The van der Waals surface area contributed by atoms with Gasteiger partial charge in [-0.1, -0.05) is 12.1 Å². The molecule has 1 heterocycles. The second kappa shape index (κ2) is 5.87. The van der Waals surface area contributed by atoms with Crippen LogP contribution < -0.4 is 0 Å². The van der Waals surface area contributed by atoms with Crippen LogP contribution in [0.1, 0.15) is 28.5 Å². The van der Waals surface area contributed by atoms with Crippen LogP contribution >= 0.6 is 0 Å². The van der Waals surface area contributed by atoms with Crippen molar-refractivity contribution in [2.24, 2.45) is 0 Å². The second-order valence-electron chi connectivity index (χ2n) is 4.05. The van der Waals surface area contributed by atoms with Gasteiger partial charge < -0.3 is 9.30 Å². The van der Waals surface area contributed by atoms with Crippen molar-refractivity contribution in [1.82, 2.24) is 4.57 Å². The molecule has 0 aliphatic heterocycles. The Bertz CT molecular complexity index is 606. The average molecular weight is 254 g/mol. The van der Waals surface area contributed by atoms with Crippen molar-refractivity contribution in [3.8, 4) is 6.07 Å². The Kier molecular flexibility index (Phi) is 3.99. The van der Waals surface area contributed by atoms with Gasteiger partial charge in [-0.05, 0) is 36.8 Å². The molecule has 4 nitrogen and oxygen atoms in total. The highest BCUT2D eigenvalue weighted by molar-refractivity contribution is 5.87. The van der Waals surface area contributed by atoms with E-state index in [1.807, 2.05) is 29.0 Å². The molecule has 0 fully saturated rings. The zero-order valence-corrected chi connectivity index (χ0v) is 10.7. The number of aromatic nitrogens is 1. The van der Waals surface area contributed by atoms with Crippen LogP contribution in [0.15, 0.2) is 42.6 Å². The summed E-state index contributed by atoms with van der Waals surface area (Å²) in [5.74, 6) is -0.318. The maximum absolute atomic E-state index is 11.7. The van der Waals surface area contributed by atoms with Gasteiger partial charge in [-0.15, -0.1) is 0 Å². The molecule has 0 saturated carbocycles.